The molecule has 0 radical (unpaired) electrons. The summed E-state index contributed by atoms with van der Waals surface area (Å²) in [7, 11) is -3.24. The van der Waals surface area contributed by atoms with Crippen molar-refractivity contribution in [3.05, 3.63) is 35.9 Å². The van der Waals surface area contributed by atoms with Gasteiger partial charge in [-0.2, -0.15) is 4.31 Å². The maximum Gasteiger partial charge on any atom is 0.214 e. The average molecular weight is 297 g/mol. The Labute approximate surface area is 121 Å². The maximum absolute atomic E-state index is 12.4. The van der Waals surface area contributed by atoms with Gasteiger partial charge in [-0.05, 0) is 32.8 Å². The Morgan fingerprint density at radius 2 is 1.95 bits per heavy atom. The van der Waals surface area contributed by atoms with E-state index < -0.39 is 15.6 Å². The van der Waals surface area contributed by atoms with Crippen LogP contribution in [0.1, 0.15) is 26.3 Å². The molecule has 112 valence electrons. The van der Waals surface area contributed by atoms with E-state index in [0.717, 1.165) is 5.56 Å². The molecule has 1 aromatic rings. The molecule has 2 rings (SSSR count). The van der Waals surface area contributed by atoms with Crippen molar-refractivity contribution < 1.29 is 13.2 Å². The molecule has 20 heavy (non-hydrogen) atoms. The Morgan fingerprint density at radius 3 is 2.55 bits per heavy atom. The third-order valence-corrected chi connectivity index (χ3v) is 5.79. The highest BCUT2D eigenvalue weighted by molar-refractivity contribution is 7.89. The van der Waals surface area contributed by atoms with Crippen LogP contribution in [0.2, 0.25) is 0 Å². The van der Waals surface area contributed by atoms with Crippen molar-refractivity contribution in [3.8, 4) is 0 Å². The molecule has 0 aliphatic carbocycles. The summed E-state index contributed by atoms with van der Waals surface area (Å²) in [4.78, 5) is 0. The molecule has 1 fully saturated rings. The smallest absolute Gasteiger partial charge is 0.214 e. The van der Waals surface area contributed by atoms with Crippen molar-refractivity contribution in [1.82, 2.24) is 4.31 Å². The molecule has 1 saturated heterocycles. The molecule has 1 heterocycles. The first-order valence-electron chi connectivity index (χ1n) is 7.01. The third kappa shape index (κ3) is 3.22. The zero-order valence-electron chi connectivity index (χ0n) is 12.4. The lowest BCUT2D eigenvalue weighted by Crippen LogP contribution is -2.61. The van der Waals surface area contributed by atoms with Gasteiger partial charge in [0.25, 0.3) is 0 Å². The molecule has 0 N–H and O–H groups in total. The van der Waals surface area contributed by atoms with E-state index in [1.165, 1.54) is 0 Å². The summed E-state index contributed by atoms with van der Waals surface area (Å²) in [5.41, 5.74) is 0.641. The predicted octanol–water partition coefficient (Wildman–Crippen LogP) is 2.06. The molecule has 0 bridgehead atoms. The van der Waals surface area contributed by atoms with Gasteiger partial charge in [-0.15, -0.1) is 0 Å². The minimum Gasteiger partial charge on any atom is -0.378 e. The summed E-state index contributed by atoms with van der Waals surface area (Å²) in [5, 5.41) is 0. The van der Waals surface area contributed by atoms with Gasteiger partial charge in [0, 0.05) is 0 Å². The summed E-state index contributed by atoms with van der Waals surface area (Å²) >= 11 is 0. The van der Waals surface area contributed by atoms with Crippen LogP contribution in [0.15, 0.2) is 30.3 Å². The number of hydrogen-bond donors (Lipinski definition) is 0. The Bertz CT molecular complexity index is 539. The van der Waals surface area contributed by atoms with Gasteiger partial charge in [-0.3, -0.25) is 0 Å². The van der Waals surface area contributed by atoms with E-state index in [4.69, 9.17) is 4.74 Å². The Morgan fingerprint density at radius 1 is 1.30 bits per heavy atom. The fraction of sp³-hybridized carbons (Fsp3) is 0.600. The monoisotopic (exact) mass is 297 g/mol. The van der Waals surface area contributed by atoms with Gasteiger partial charge in [-0.1, -0.05) is 30.3 Å². The SMILES string of the molecule is CCS(=O)(=O)N1C(Cc2ccccc2)COCC1(C)C. The van der Waals surface area contributed by atoms with Gasteiger partial charge in [0.1, 0.15) is 0 Å². The lowest BCUT2D eigenvalue weighted by Gasteiger charge is -2.46. The van der Waals surface area contributed by atoms with Crippen LogP contribution in [-0.2, 0) is 21.2 Å². The fourth-order valence-corrected chi connectivity index (χ4v) is 4.51. The quantitative estimate of drug-likeness (QED) is 0.854. The second-order valence-corrected chi connectivity index (χ2v) is 8.00. The first-order chi connectivity index (χ1) is 9.37. The minimum atomic E-state index is -3.24. The number of ether oxygens (including phenoxy) is 1. The first kappa shape index (κ1) is 15.5. The van der Waals surface area contributed by atoms with Gasteiger partial charge in [0.2, 0.25) is 10.0 Å². The second-order valence-electron chi connectivity index (χ2n) is 5.87. The highest BCUT2D eigenvalue weighted by Crippen LogP contribution is 2.29. The number of rotatable bonds is 4. The van der Waals surface area contributed by atoms with Crippen LogP contribution in [0.25, 0.3) is 0 Å². The van der Waals surface area contributed by atoms with Crippen LogP contribution in [0, 0.1) is 0 Å². The van der Waals surface area contributed by atoms with Gasteiger partial charge < -0.3 is 4.74 Å². The van der Waals surface area contributed by atoms with Gasteiger partial charge in [-0.25, -0.2) is 8.42 Å². The largest absolute Gasteiger partial charge is 0.378 e. The van der Waals surface area contributed by atoms with Crippen molar-refractivity contribution in [1.29, 1.82) is 0 Å². The van der Waals surface area contributed by atoms with Crippen molar-refractivity contribution in [2.75, 3.05) is 19.0 Å². The minimum absolute atomic E-state index is 0.127. The normalized spacial score (nSPS) is 23.6. The molecule has 0 saturated carbocycles. The molecule has 5 heteroatoms. The average Bonchev–Trinajstić information content (AvgIpc) is 2.38. The number of nitrogens with zero attached hydrogens (tertiary/aromatic N) is 1. The first-order valence-corrected chi connectivity index (χ1v) is 8.61. The van der Waals surface area contributed by atoms with Gasteiger partial charge in [0.05, 0.1) is 30.5 Å². The van der Waals surface area contributed by atoms with Crippen LogP contribution in [0.3, 0.4) is 0 Å². The molecule has 4 nitrogen and oxygen atoms in total. The summed E-state index contributed by atoms with van der Waals surface area (Å²) in [6.45, 7) is 6.45. The topological polar surface area (TPSA) is 46.6 Å². The molecule has 0 spiro atoms. The molecule has 0 aromatic heterocycles. The predicted molar refractivity (Wildman–Crippen MR) is 80.1 cm³/mol. The number of morpholine rings is 1. The molecule has 1 aromatic carbocycles. The highest BCUT2D eigenvalue weighted by Gasteiger charge is 2.43. The van der Waals surface area contributed by atoms with Crippen molar-refractivity contribution in [3.63, 3.8) is 0 Å². The van der Waals surface area contributed by atoms with Gasteiger partial charge in [0.15, 0.2) is 0 Å². The van der Waals surface area contributed by atoms with E-state index in [2.05, 4.69) is 0 Å². The molecule has 1 aliphatic heterocycles. The number of sulfonamides is 1. The van der Waals surface area contributed by atoms with E-state index in [1.807, 2.05) is 44.2 Å². The van der Waals surface area contributed by atoms with E-state index in [0.29, 0.717) is 19.6 Å². The molecule has 1 unspecified atom stereocenters. The van der Waals surface area contributed by atoms with E-state index in [-0.39, 0.29) is 11.8 Å². The van der Waals surface area contributed by atoms with Gasteiger partial charge >= 0.3 is 0 Å². The Balaban J connectivity index is 2.29. The van der Waals surface area contributed by atoms with Crippen molar-refractivity contribution in [2.24, 2.45) is 0 Å². The van der Waals surface area contributed by atoms with Crippen LogP contribution < -0.4 is 0 Å². The Hall–Kier alpha value is -0.910. The lowest BCUT2D eigenvalue weighted by atomic mass is 9.99. The van der Waals surface area contributed by atoms with E-state index in [9.17, 15) is 8.42 Å². The van der Waals surface area contributed by atoms with E-state index in [1.54, 1.807) is 11.2 Å². The maximum atomic E-state index is 12.4. The summed E-state index contributed by atoms with van der Waals surface area (Å²) in [5.74, 6) is 0.127. The number of benzene rings is 1. The Kier molecular flexibility index (Phi) is 4.52. The summed E-state index contributed by atoms with van der Waals surface area (Å²) in [6, 6.07) is 9.83. The zero-order valence-corrected chi connectivity index (χ0v) is 13.2. The van der Waals surface area contributed by atoms with Crippen LogP contribution in [0.4, 0.5) is 0 Å². The zero-order chi connectivity index (χ0) is 14.8. The standard InChI is InChI=1S/C15H23NO3S/c1-4-20(17,18)16-14(11-19-12-15(16,2)3)10-13-8-6-5-7-9-13/h5-9,14H,4,10-12H2,1-3H3. The molecule has 1 aliphatic rings. The summed E-state index contributed by atoms with van der Waals surface area (Å²) in [6.07, 6.45) is 0.684. The van der Waals surface area contributed by atoms with E-state index >= 15 is 0 Å². The molecular formula is C15H23NO3S. The second kappa shape index (κ2) is 5.84. The highest BCUT2D eigenvalue weighted by atomic mass is 32.2. The third-order valence-electron chi connectivity index (χ3n) is 3.67. The van der Waals surface area contributed by atoms with Crippen LogP contribution >= 0.6 is 0 Å². The van der Waals surface area contributed by atoms with Crippen molar-refractivity contribution in [2.45, 2.75) is 38.8 Å². The fourth-order valence-electron chi connectivity index (χ4n) is 2.84. The lowest BCUT2D eigenvalue weighted by molar-refractivity contribution is -0.0437. The molecular weight excluding hydrogens is 274 g/mol. The molecule has 1 atom stereocenters. The summed E-state index contributed by atoms with van der Waals surface area (Å²) < 4.78 is 32.2. The van der Waals surface area contributed by atoms with Crippen molar-refractivity contribution >= 4 is 10.0 Å². The number of hydrogen-bond acceptors (Lipinski definition) is 3. The van der Waals surface area contributed by atoms with Crippen LogP contribution in [-0.4, -0.2) is 43.3 Å². The molecule has 0 amide bonds. The van der Waals surface area contributed by atoms with Crippen LogP contribution in [0.5, 0.6) is 0 Å².